The van der Waals surface area contributed by atoms with Gasteiger partial charge in [0.15, 0.2) is 0 Å². The molecule has 1 heteroatoms. The van der Waals surface area contributed by atoms with Crippen molar-refractivity contribution in [1.82, 2.24) is 0 Å². The zero-order valence-electron chi connectivity index (χ0n) is 12.5. The highest BCUT2D eigenvalue weighted by Crippen LogP contribution is 2.24. The van der Waals surface area contributed by atoms with Gasteiger partial charge in [-0.15, -0.1) is 0 Å². The van der Waals surface area contributed by atoms with Gasteiger partial charge in [-0.2, -0.15) is 0 Å². The molecule has 1 N–H and O–H groups in total. The summed E-state index contributed by atoms with van der Waals surface area (Å²) in [5.41, 5.74) is 2.39. The molecule has 0 fully saturated rings. The third-order valence-electron chi connectivity index (χ3n) is 2.73. The highest BCUT2D eigenvalue weighted by Gasteiger charge is 2.19. The van der Waals surface area contributed by atoms with Gasteiger partial charge < -0.3 is 5.32 Å². The largest absolute Gasteiger partial charge is 0.376 e. The maximum Gasteiger partial charge on any atom is 0.0569 e. The van der Waals surface area contributed by atoms with Crippen molar-refractivity contribution < 1.29 is 0 Å². The van der Waals surface area contributed by atoms with E-state index in [1.54, 1.807) is 0 Å². The zero-order chi connectivity index (χ0) is 14.1. The van der Waals surface area contributed by atoms with Gasteiger partial charge in [0.05, 0.1) is 5.54 Å². The molecular formula is C18H25N. The van der Waals surface area contributed by atoms with Crippen LogP contribution >= 0.6 is 0 Å². The first-order valence-corrected chi connectivity index (χ1v) is 6.99. The summed E-state index contributed by atoms with van der Waals surface area (Å²) < 4.78 is 0. The number of nitrogens with one attached hydrogen (secondary N) is 1. The molecule has 0 aromatic heterocycles. The molecule has 0 radical (unpaired) electrons. The van der Waals surface area contributed by atoms with E-state index in [2.05, 4.69) is 69.4 Å². The van der Waals surface area contributed by atoms with E-state index in [1.807, 2.05) is 24.3 Å². The van der Waals surface area contributed by atoms with Crippen LogP contribution in [-0.4, -0.2) is 0 Å². The fourth-order valence-electron chi connectivity index (χ4n) is 1.81. The first-order chi connectivity index (χ1) is 9.10. The predicted octanol–water partition coefficient (Wildman–Crippen LogP) is 5.45. The van der Waals surface area contributed by atoms with Gasteiger partial charge in [0.2, 0.25) is 0 Å². The van der Waals surface area contributed by atoms with Crippen LogP contribution in [0.4, 0.5) is 5.69 Å². The van der Waals surface area contributed by atoms with E-state index >= 15 is 0 Å². The molecular weight excluding hydrogens is 230 g/mol. The molecule has 2 rings (SSSR count). The lowest BCUT2D eigenvalue weighted by Crippen LogP contribution is -2.27. The summed E-state index contributed by atoms with van der Waals surface area (Å²) in [7, 11) is 0. The number of hydrogen-bond acceptors (Lipinski definition) is 1. The lowest BCUT2D eigenvalue weighted by Gasteiger charge is -2.28. The van der Waals surface area contributed by atoms with Crippen LogP contribution in [0.1, 0.15) is 39.7 Å². The number of benzene rings is 2. The van der Waals surface area contributed by atoms with Crippen molar-refractivity contribution >= 4 is 5.69 Å². The number of hydrogen-bond donors (Lipinski definition) is 1. The van der Waals surface area contributed by atoms with E-state index in [4.69, 9.17) is 0 Å². The Morgan fingerprint density at radius 3 is 1.68 bits per heavy atom. The van der Waals surface area contributed by atoms with Crippen molar-refractivity contribution in [2.75, 3.05) is 5.32 Å². The van der Waals surface area contributed by atoms with Crippen molar-refractivity contribution in [3.63, 3.8) is 0 Å². The van der Waals surface area contributed by atoms with Crippen LogP contribution in [-0.2, 0) is 5.54 Å². The third kappa shape index (κ3) is 5.17. The Balaban J connectivity index is 0.000000550. The summed E-state index contributed by atoms with van der Waals surface area (Å²) in [6.45, 7) is 8.63. The van der Waals surface area contributed by atoms with E-state index < -0.39 is 0 Å². The minimum atomic E-state index is -0.0530. The Morgan fingerprint density at radius 2 is 1.21 bits per heavy atom. The van der Waals surface area contributed by atoms with Gasteiger partial charge >= 0.3 is 0 Å². The van der Waals surface area contributed by atoms with Gasteiger partial charge in [-0.25, -0.2) is 0 Å². The molecule has 0 aliphatic rings. The first-order valence-electron chi connectivity index (χ1n) is 6.99. The molecule has 1 nitrogen and oxygen atoms in total. The second kappa shape index (κ2) is 7.63. The second-order valence-corrected chi connectivity index (χ2v) is 5.19. The standard InChI is InChI=1S/C15H17N.C3H8/c1-15(2,13-9-5-3-6-10-13)16-14-11-7-4-8-12-14;1-3-2/h3-12,16H,1-2H3;3H2,1-2H3. The van der Waals surface area contributed by atoms with Crippen LogP contribution in [0.15, 0.2) is 60.7 Å². The molecule has 102 valence electrons. The maximum atomic E-state index is 3.53. The second-order valence-electron chi connectivity index (χ2n) is 5.19. The predicted molar refractivity (Wildman–Crippen MR) is 85.5 cm³/mol. The van der Waals surface area contributed by atoms with E-state index in [0.29, 0.717) is 0 Å². The highest BCUT2D eigenvalue weighted by molar-refractivity contribution is 5.47. The minimum absolute atomic E-state index is 0.0530. The maximum absolute atomic E-state index is 3.53. The van der Waals surface area contributed by atoms with Gasteiger partial charge in [0, 0.05) is 5.69 Å². The van der Waals surface area contributed by atoms with Crippen molar-refractivity contribution in [2.24, 2.45) is 0 Å². The van der Waals surface area contributed by atoms with Crippen LogP contribution in [0.3, 0.4) is 0 Å². The van der Waals surface area contributed by atoms with Crippen molar-refractivity contribution in [1.29, 1.82) is 0 Å². The summed E-state index contributed by atoms with van der Waals surface area (Å²) in [6, 6.07) is 20.8. The zero-order valence-corrected chi connectivity index (χ0v) is 12.5. The normalized spacial score (nSPS) is 10.3. The van der Waals surface area contributed by atoms with E-state index in [1.165, 1.54) is 12.0 Å². The molecule has 0 amide bonds. The molecule has 0 aliphatic heterocycles. The Labute approximate surface area is 117 Å². The summed E-state index contributed by atoms with van der Waals surface area (Å²) in [6.07, 6.45) is 1.25. The van der Waals surface area contributed by atoms with Crippen molar-refractivity contribution in [2.45, 2.75) is 39.7 Å². The highest BCUT2D eigenvalue weighted by atomic mass is 15.0. The van der Waals surface area contributed by atoms with Crippen LogP contribution in [0, 0.1) is 0 Å². The smallest absolute Gasteiger partial charge is 0.0569 e. The Bertz CT molecular complexity index is 446. The van der Waals surface area contributed by atoms with Crippen LogP contribution in [0.5, 0.6) is 0 Å². The molecule has 0 spiro atoms. The number of anilines is 1. The van der Waals surface area contributed by atoms with Crippen molar-refractivity contribution in [3.8, 4) is 0 Å². The van der Waals surface area contributed by atoms with Crippen molar-refractivity contribution in [3.05, 3.63) is 66.2 Å². The van der Waals surface area contributed by atoms with Gasteiger partial charge in [0.1, 0.15) is 0 Å². The third-order valence-corrected chi connectivity index (χ3v) is 2.73. The molecule has 19 heavy (non-hydrogen) atoms. The molecule has 2 aromatic rings. The van der Waals surface area contributed by atoms with Crippen LogP contribution < -0.4 is 5.32 Å². The number of rotatable bonds is 3. The first kappa shape index (κ1) is 15.3. The quantitative estimate of drug-likeness (QED) is 0.769. The molecule has 0 saturated heterocycles. The molecule has 0 atom stereocenters. The molecule has 0 saturated carbocycles. The summed E-state index contributed by atoms with van der Waals surface area (Å²) in [4.78, 5) is 0. The van der Waals surface area contributed by atoms with E-state index in [0.717, 1.165) is 5.69 Å². The summed E-state index contributed by atoms with van der Waals surface area (Å²) in [5.74, 6) is 0. The van der Waals surface area contributed by atoms with E-state index in [9.17, 15) is 0 Å². The SMILES string of the molecule is CC(C)(Nc1ccccc1)c1ccccc1.CCC. The van der Waals surface area contributed by atoms with E-state index in [-0.39, 0.29) is 5.54 Å². The summed E-state index contributed by atoms with van der Waals surface area (Å²) >= 11 is 0. The van der Waals surface area contributed by atoms with Gasteiger partial charge in [-0.3, -0.25) is 0 Å². The average molecular weight is 255 g/mol. The molecule has 0 heterocycles. The molecule has 0 aliphatic carbocycles. The van der Waals surface area contributed by atoms with Crippen LogP contribution in [0.25, 0.3) is 0 Å². The molecule has 0 bridgehead atoms. The lowest BCUT2D eigenvalue weighted by atomic mass is 9.94. The Hall–Kier alpha value is -1.76. The van der Waals surface area contributed by atoms with Crippen LogP contribution in [0.2, 0.25) is 0 Å². The molecule has 0 unspecified atom stereocenters. The monoisotopic (exact) mass is 255 g/mol. The lowest BCUT2D eigenvalue weighted by molar-refractivity contribution is 0.609. The van der Waals surface area contributed by atoms with Gasteiger partial charge in [-0.05, 0) is 31.5 Å². The molecule has 2 aromatic carbocycles. The number of para-hydroxylation sites is 1. The fourth-order valence-corrected chi connectivity index (χ4v) is 1.81. The van der Waals surface area contributed by atoms with Gasteiger partial charge in [-0.1, -0.05) is 68.8 Å². The Morgan fingerprint density at radius 1 is 0.789 bits per heavy atom. The topological polar surface area (TPSA) is 12.0 Å². The Kier molecular flexibility index (Phi) is 6.14. The summed E-state index contributed by atoms with van der Waals surface area (Å²) in [5, 5.41) is 3.53. The minimum Gasteiger partial charge on any atom is -0.376 e. The average Bonchev–Trinajstić information content (AvgIpc) is 2.41. The van der Waals surface area contributed by atoms with Gasteiger partial charge in [0.25, 0.3) is 0 Å². The fraction of sp³-hybridized carbons (Fsp3) is 0.333.